The molecule has 102 valence electrons. The predicted octanol–water partition coefficient (Wildman–Crippen LogP) is 3.43. The summed E-state index contributed by atoms with van der Waals surface area (Å²) in [6, 6.07) is 9.55. The Labute approximate surface area is 118 Å². The average molecular weight is 294 g/mol. The van der Waals surface area contributed by atoms with E-state index >= 15 is 0 Å². The number of hydrogen-bond donors (Lipinski definition) is 2. The number of hydrogen-bond acceptors (Lipinski definition) is 2. The molecule has 0 unspecified atom stereocenters. The highest BCUT2D eigenvalue weighted by molar-refractivity contribution is 6.31. The van der Waals surface area contributed by atoms with Crippen LogP contribution in [0.1, 0.15) is 20.7 Å². The van der Waals surface area contributed by atoms with Crippen LogP contribution < -0.4 is 5.32 Å². The van der Waals surface area contributed by atoms with Crippen molar-refractivity contribution in [3.63, 3.8) is 0 Å². The zero-order chi connectivity index (χ0) is 14.7. The van der Waals surface area contributed by atoms with Crippen LogP contribution in [0, 0.1) is 5.82 Å². The van der Waals surface area contributed by atoms with Crippen molar-refractivity contribution in [1.29, 1.82) is 0 Å². The van der Waals surface area contributed by atoms with Crippen LogP contribution in [0.4, 0.5) is 10.1 Å². The number of amides is 1. The molecule has 2 N–H and O–H groups in total. The number of benzene rings is 2. The first-order valence-corrected chi connectivity index (χ1v) is 5.95. The third kappa shape index (κ3) is 2.95. The predicted molar refractivity (Wildman–Crippen MR) is 72.8 cm³/mol. The molecule has 0 saturated heterocycles. The zero-order valence-electron chi connectivity index (χ0n) is 10.1. The van der Waals surface area contributed by atoms with Crippen LogP contribution in [0.25, 0.3) is 0 Å². The molecule has 2 aromatic carbocycles. The number of aromatic carboxylic acids is 1. The lowest BCUT2D eigenvalue weighted by molar-refractivity contribution is 0.0696. The van der Waals surface area contributed by atoms with Gasteiger partial charge in [0.15, 0.2) is 5.82 Å². The Hall–Kier alpha value is -2.40. The van der Waals surface area contributed by atoms with Gasteiger partial charge in [-0.1, -0.05) is 17.7 Å². The molecule has 0 atom stereocenters. The van der Waals surface area contributed by atoms with Crippen LogP contribution in [-0.4, -0.2) is 17.0 Å². The van der Waals surface area contributed by atoms with Crippen molar-refractivity contribution in [2.75, 3.05) is 5.32 Å². The summed E-state index contributed by atoms with van der Waals surface area (Å²) in [5.74, 6) is -2.36. The van der Waals surface area contributed by atoms with Gasteiger partial charge in [-0.25, -0.2) is 9.18 Å². The van der Waals surface area contributed by atoms with E-state index in [-0.39, 0.29) is 21.8 Å². The molecule has 1 amide bonds. The number of nitrogens with one attached hydrogen (secondary N) is 1. The molecule has 0 fully saturated rings. The number of anilines is 1. The smallest absolute Gasteiger partial charge is 0.335 e. The fourth-order valence-corrected chi connectivity index (χ4v) is 1.73. The van der Waals surface area contributed by atoms with E-state index in [2.05, 4.69) is 5.32 Å². The second-order valence-corrected chi connectivity index (χ2v) is 4.35. The van der Waals surface area contributed by atoms with Gasteiger partial charge in [-0.05, 0) is 36.4 Å². The summed E-state index contributed by atoms with van der Waals surface area (Å²) < 4.78 is 13.6. The lowest BCUT2D eigenvalue weighted by atomic mass is 10.1. The quantitative estimate of drug-likeness (QED) is 0.911. The molecule has 0 aliphatic carbocycles. The number of carboxylic acids is 1. The monoisotopic (exact) mass is 293 g/mol. The van der Waals surface area contributed by atoms with Crippen molar-refractivity contribution >= 4 is 29.2 Å². The Bertz CT molecular complexity index is 671. The van der Waals surface area contributed by atoms with Gasteiger partial charge in [0.25, 0.3) is 5.91 Å². The normalized spacial score (nSPS) is 10.1. The van der Waals surface area contributed by atoms with Crippen molar-refractivity contribution in [2.24, 2.45) is 0 Å². The zero-order valence-corrected chi connectivity index (χ0v) is 10.8. The average Bonchev–Trinajstić information content (AvgIpc) is 2.44. The van der Waals surface area contributed by atoms with Crippen molar-refractivity contribution in [2.45, 2.75) is 0 Å². The summed E-state index contributed by atoms with van der Waals surface area (Å²) in [6.07, 6.45) is 0. The van der Waals surface area contributed by atoms with E-state index in [1.165, 1.54) is 42.5 Å². The molecule has 0 aromatic heterocycles. The molecule has 0 bridgehead atoms. The summed E-state index contributed by atoms with van der Waals surface area (Å²) in [5, 5.41) is 11.0. The highest BCUT2D eigenvalue weighted by Gasteiger charge is 2.12. The lowest BCUT2D eigenvalue weighted by Gasteiger charge is -2.07. The number of rotatable bonds is 3. The highest BCUT2D eigenvalue weighted by Crippen LogP contribution is 2.22. The first-order valence-electron chi connectivity index (χ1n) is 5.58. The third-order valence-corrected chi connectivity index (χ3v) is 2.89. The Morgan fingerprint density at radius 1 is 1.05 bits per heavy atom. The van der Waals surface area contributed by atoms with E-state index in [0.717, 1.165) is 0 Å². The summed E-state index contributed by atoms with van der Waals surface area (Å²) in [4.78, 5) is 22.6. The Balaban J connectivity index is 2.20. The Kier molecular flexibility index (Phi) is 4.00. The second-order valence-electron chi connectivity index (χ2n) is 3.94. The molecule has 0 radical (unpaired) electrons. The molecular formula is C14H9ClFNO3. The van der Waals surface area contributed by atoms with Crippen molar-refractivity contribution in [3.05, 3.63) is 64.4 Å². The summed E-state index contributed by atoms with van der Waals surface area (Å²) in [5.41, 5.74) is 0.245. The molecule has 2 aromatic rings. The molecule has 0 saturated carbocycles. The molecular weight excluding hydrogens is 285 g/mol. The van der Waals surface area contributed by atoms with E-state index in [0.29, 0.717) is 0 Å². The van der Waals surface area contributed by atoms with Gasteiger partial charge in [0.05, 0.1) is 16.3 Å². The second kappa shape index (κ2) is 5.71. The van der Waals surface area contributed by atoms with Crippen molar-refractivity contribution < 1.29 is 19.1 Å². The highest BCUT2D eigenvalue weighted by atomic mass is 35.5. The van der Waals surface area contributed by atoms with Gasteiger partial charge < -0.3 is 10.4 Å². The van der Waals surface area contributed by atoms with Crippen LogP contribution in [0.15, 0.2) is 42.5 Å². The molecule has 0 aliphatic rings. The van der Waals surface area contributed by atoms with Crippen molar-refractivity contribution in [3.8, 4) is 0 Å². The van der Waals surface area contributed by atoms with E-state index in [4.69, 9.17) is 16.7 Å². The number of carbonyl (C=O) groups excluding carboxylic acids is 1. The Morgan fingerprint density at radius 2 is 1.65 bits per heavy atom. The van der Waals surface area contributed by atoms with Crippen LogP contribution >= 0.6 is 11.6 Å². The number of halogens is 2. The van der Waals surface area contributed by atoms with Crippen LogP contribution in [0.5, 0.6) is 0 Å². The van der Waals surface area contributed by atoms with Gasteiger partial charge in [0.2, 0.25) is 0 Å². The largest absolute Gasteiger partial charge is 0.478 e. The SMILES string of the molecule is O=C(O)c1ccc(C(=O)Nc2cccc(Cl)c2F)cc1. The molecule has 0 spiro atoms. The first kappa shape index (κ1) is 14.0. The Morgan fingerprint density at radius 3 is 2.25 bits per heavy atom. The molecule has 0 heterocycles. The third-order valence-electron chi connectivity index (χ3n) is 2.59. The standard InChI is InChI=1S/C14H9ClFNO3/c15-10-2-1-3-11(12(10)16)17-13(18)8-4-6-9(7-5-8)14(19)20/h1-7H,(H,17,18)(H,19,20). The maximum atomic E-state index is 13.6. The minimum atomic E-state index is -1.09. The maximum Gasteiger partial charge on any atom is 0.335 e. The van der Waals surface area contributed by atoms with Crippen LogP contribution in [0.3, 0.4) is 0 Å². The van der Waals surface area contributed by atoms with E-state index < -0.39 is 17.7 Å². The molecule has 20 heavy (non-hydrogen) atoms. The van der Waals surface area contributed by atoms with Crippen LogP contribution in [-0.2, 0) is 0 Å². The first-order chi connectivity index (χ1) is 9.49. The van der Waals surface area contributed by atoms with Gasteiger partial charge in [0, 0.05) is 5.56 Å². The number of carboxylic acid groups (broad SMARTS) is 1. The van der Waals surface area contributed by atoms with Gasteiger partial charge in [-0.2, -0.15) is 0 Å². The number of carbonyl (C=O) groups is 2. The van der Waals surface area contributed by atoms with Gasteiger partial charge in [0.1, 0.15) is 0 Å². The summed E-state index contributed by atoms with van der Waals surface area (Å²) >= 11 is 5.61. The lowest BCUT2D eigenvalue weighted by Crippen LogP contribution is -2.13. The summed E-state index contributed by atoms with van der Waals surface area (Å²) in [6.45, 7) is 0. The minimum absolute atomic E-state index is 0.0372. The van der Waals surface area contributed by atoms with Crippen LogP contribution in [0.2, 0.25) is 5.02 Å². The van der Waals surface area contributed by atoms with Gasteiger partial charge in [-0.3, -0.25) is 4.79 Å². The molecule has 6 heteroatoms. The minimum Gasteiger partial charge on any atom is -0.478 e. The van der Waals surface area contributed by atoms with E-state index in [1.807, 2.05) is 0 Å². The molecule has 4 nitrogen and oxygen atoms in total. The molecule has 0 aliphatic heterocycles. The molecule has 2 rings (SSSR count). The van der Waals surface area contributed by atoms with Gasteiger partial charge in [-0.15, -0.1) is 0 Å². The fraction of sp³-hybridized carbons (Fsp3) is 0. The maximum absolute atomic E-state index is 13.6. The summed E-state index contributed by atoms with van der Waals surface area (Å²) in [7, 11) is 0. The van der Waals surface area contributed by atoms with Gasteiger partial charge >= 0.3 is 5.97 Å². The van der Waals surface area contributed by atoms with E-state index in [9.17, 15) is 14.0 Å². The fourth-order valence-electron chi connectivity index (χ4n) is 1.56. The topological polar surface area (TPSA) is 66.4 Å². The van der Waals surface area contributed by atoms with Crippen molar-refractivity contribution in [1.82, 2.24) is 0 Å². The van der Waals surface area contributed by atoms with E-state index in [1.54, 1.807) is 0 Å².